The molecule has 1 unspecified atom stereocenters. The Balaban J connectivity index is 2.80. The first kappa shape index (κ1) is 11.5. The summed E-state index contributed by atoms with van der Waals surface area (Å²) in [5, 5.41) is 11.2. The monoisotopic (exact) mass is 199 g/mol. The van der Waals surface area contributed by atoms with Crippen molar-refractivity contribution in [1.82, 2.24) is 5.06 Å². The van der Waals surface area contributed by atoms with E-state index in [4.69, 9.17) is 4.74 Å². The van der Waals surface area contributed by atoms with Gasteiger partial charge in [-0.2, -0.15) is 5.06 Å². The third kappa shape index (κ3) is 2.10. The Bertz CT molecular complexity index is 223. The molecule has 0 aromatic heterocycles. The minimum atomic E-state index is -0.219. The van der Waals surface area contributed by atoms with E-state index in [2.05, 4.69) is 20.4 Å². The molecule has 1 saturated heterocycles. The predicted octanol–water partition coefficient (Wildman–Crippen LogP) is 2.41. The molecule has 1 heterocycles. The van der Waals surface area contributed by atoms with Gasteiger partial charge in [0.25, 0.3) is 0 Å². The Morgan fingerprint density at radius 2 is 2.00 bits per heavy atom. The Morgan fingerprint density at radius 1 is 1.43 bits per heavy atom. The summed E-state index contributed by atoms with van der Waals surface area (Å²) in [5.41, 5.74) is -0.262. The average molecular weight is 199 g/mol. The second-order valence-electron chi connectivity index (χ2n) is 5.35. The van der Waals surface area contributed by atoms with Crippen LogP contribution in [0.4, 0.5) is 0 Å². The molecular formula is C11H21NO2. The van der Waals surface area contributed by atoms with Gasteiger partial charge in [-0.3, -0.25) is 0 Å². The van der Waals surface area contributed by atoms with E-state index in [-0.39, 0.29) is 17.1 Å². The van der Waals surface area contributed by atoms with Gasteiger partial charge in [-0.1, -0.05) is 20.4 Å². The molecule has 14 heavy (non-hydrogen) atoms. The highest BCUT2D eigenvalue weighted by molar-refractivity contribution is 4.96. The van der Waals surface area contributed by atoms with Crippen LogP contribution >= 0.6 is 0 Å². The van der Waals surface area contributed by atoms with Crippen LogP contribution in [-0.4, -0.2) is 28.5 Å². The van der Waals surface area contributed by atoms with Gasteiger partial charge >= 0.3 is 0 Å². The predicted molar refractivity (Wildman–Crippen MR) is 56.0 cm³/mol. The molecule has 1 aliphatic heterocycles. The highest BCUT2D eigenvalue weighted by atomic mass is 16.5. The molecule has 0 amide bonds. The molecule has 0 saturated carbocycles. The maximum absolute atomic E-state index is 9.81. The SMILES string of the molecule is C=COC1CC(C)(C)N(O)CC1(C)C. The number of rotatable bonds is 2. The van der Waals surface area contributed by atoms with Crippen LogP contribution < -0.4 is 0 Å². The van der Waals surface area contributed by atoms with E-state index < -0.39 is 0 Å². The quantitative estimate of drug-likeness (QED) is 0.693. The average Bonchev–Trinajstić information content (AvgIpc) is 2.00. The molecule has 0 spiro atoms. The van der Waals surface area contributed by atoms with Crippen molar-refractivity contribution < 1.29 is 9.94 Å². The lowest BCUT2D eigenvalue weighted by atomic mass is 9.75. The third-order valence-corrected chi connectivity index (χ3v) is 3.07. The van der Waals surface area contributed by atoms with E-state index in [1.165, 1.54) is 11.3 Å². The number of ether oxygens (including phenoxy) is 1. The molecule has 1 fully saturated rings. The van der Waals surface area contributed by atoms with Gasteiger partial charge in [-0.25, -0.2) is 0 Å². The zero-order valence-corrected chi connectivity index (χ0v) is 9.58. The summed E-state index contributed by atoms with van der Waals surface area (Å²) in [6.07, 6.45) is 2.43. The Morgan fingerprint density at radius 3 is 2.50 bits per heavy atom. The van der Waals surface area contributed by atoms with E-state index in [0.29, 0.717) is 6.54 Å². The van der Waals surface area contributed by atoms with Gasteiger partial charge in [0.05, 0.1) is 6.26 Å². The maximum Gasteiger partial charge on any atom is 0.106 e. The largest absolute Gasteiger partial charge is 0.498 e. The van der Waals surface area contributed by atoms with Crippen LogP contribution in [0.15, 0.2) is 12.8 Å². The molecule has 0 aromatic carbocycles. The number of nitrogens with zero attached hydrogens (tertiary/aromatic N) is 1. The first-order valence-electron chi connectivity index (χ1n) is 5.02. The molecular weight excluding hydrogens is 178 g/mol. The van der Waals surface area contributed by atoms with E-state index in [9.17, 15) is 5.21 Å². The van der Waals surface area contributed by atoms with E-state index >= 15 is 0 Å². The standard InChI is InChI=1S/C11H21NO2/c1-6-14-9-7-11(4,5)12(13)8-10(9,2)3/h6,9,13H,1,7-8H2,2-5H3. The zero-order chi connectivity index (χ0) is 11.0. The Labute approximate surface area is 86.3 Å². The summed E-state index contributed by atoms with van der Waals surface area (Å²) in [5.74, 6) is 0. The molecule has 3 nitrogen and oxygen atoms in total. The summed E-state index contributed by atoms with van der Waals surface area (Å²) >= 11 is 0. The lowest BCUT2D eigenvalue weighted by molar-refractivity contribution is -0.229. The van der Waals surface area contributed by atoms with Crippen molar-refractivity contribution in [3.63, 3.8) is 0 Å². The minimum Gasteiger partial charge on any atom is -0.498 e. The van der Waals surface area contributed by atoms with Gasteiger partial charge < -0.3 is 9.94 Å². The van der Waals surface area contributed by atoms with Crippen LogP contribution in [0.2, 0.25) is 0 Å². The van der Waals surface area contributed by atoms with Crippen LogP contribution in [-0.2, 0) is 4.74 Å². The van der Waals surface area contributed by atoms with Gasteiger partial charge in [0.2, 0.25) is 0 Å². The first-order valence-corrected chi connectivity index (χ1v) is 5.02. The molecule has 0 bridgehead atoms. The van der Waals surface area contributed by atoms with Crippen LogP contribution in [0.5, 0.6) is 0 Å². The maximum atomic E-state index is 9.81. The molecule has 1 aliphatic rings. The summed E-state index contributed by atoms with van der Waals surface area (Å²) in [6, 6.07) is 0. The van der Waals surface area contributed by atoms with Crippen molar-refractivity contribution in [3.8, 4) is 0 Å². The normalized spacial score (nSPS) is 31.1. The molecule has 1 N–H and O–H groups in total. The van der Waals surface area contributed by atoms with Crippen molar-refractivity contribution in [1.29, 1.82) is 0 Å². The van der Waals surface area contributed by atoms with Crippen LogP contribution in [0, 0.1) is 5.41 Å². The fraction of sp³-hybridized carbons (Fsp3) is 0.818. The molecule has 1 rings (SSSR count). The van der Waals surface area contributed by atoms with Gasteiger partial charge in [0.15, 0.2) is 0 Å². The Hall–Kier alpha value is -0.540. The van der Waals surface area contributed by atoms with E-state index in [1.807, 2.05) is 13.8 Å². The zero-order valence-electron chi connectivity index (χ0n) is 9.58. The lowest BCUT2D eigenvalue weighted by Crippen LogP contribution is -2.57. The fourth-order valence-electron chi connectivity index (χ4n) is 1.89. The van der Waals surface area contributed by atoms with Crippen molar-refractivity contribution in [3.05, 3.63) is 12.8 Å². The second kappa shape index (κ2) is 3.55. The van der Waals surface area contributed by atoms with E-state index in [1.54, 1.807) is 0 Å². The van der Waals surface area contributed by atoms with Crippen molar-refractivity contribution in [2.24, 2.45) is 5.41 Å². The van der Waals surface area contributed by atoms with Crippen molar-refractivity contribution >= 4 is 0 Å². The molecule has 1 atom stereocenters. The number of piperidine rings is 1. The van der Waals surface area contributed by atoms with Gasteiger partial charge in [-0.15, -0.1) is 0 Å². The molecule has 0 aliphatic carbocycles. The number of hydrogen-bond acceptors (Lipinski definition) is 3. The van der Waals surface area contributed by atoms with Gasteiger partial charge in [-0.05, 0) is 13.8 Å². The lowest BCUT2D eigenvalue weighted by Gasteiger charge is -2.49. The Kier molecular flexibility index (Phi) is 2.93. The van der Waals surface area contributed by atoms with Crippen molar-refractivity contribution in [2.75, 3.05) is 6.54 Å². The van der Waals surface area contributed by atoms with Crippen LogP contribution in [0.1, 0.15) is 34.1 Å². The molecule has 0 radical (unpaired) electrons. The number of hydrogen-bond donors (Lipinski definition) is 1. The summed E-state index contributed by atoms with van der Waals surface area (Å²) in [7, 11) is 0. The second-order valence-corrected chi connectivity index (χ2v) is 5.35. The molecule has 3 heteroatoms. The van der Waals surface area contributed by atoms with Gasteiger partial charge in [0.1, 0.15) is 6.10 Å². The molecule has 0 aromatic rings. The molecule has 82 valence electrons. The van der Waals surface area contributed by atoms with Gasteiger partial charge in [0, 0.05) is 23.9 Å². The fourth-order valence-corrected chi connectivity index (χ4v) is 1.89. The summed E-state index contributed by atoms with van der Waals surface area (Å²) < 4.78 is 5.51. The topological polar surface area (TPSA) is 32.7 Å². The first-order chi connectivity index (χ1) is 6.29. The van der Waals surface area contributed by atoms with Crippen molar-refractivity contribution in [2.45, 2.75) is 45.8 Å². The van der Waals surface area contributed by atoms with Crippen LogP contribution in [0.3, 0.4) is 0 Å². The van der Waals surface area contributed by atoms with E-state index in [0.717, 1.165) is 6.42 Å². The number of hydroxylamine groups is 2. The van der Waals surface area contributed by atoms with Crippen LogP contribution in [0.25, 0.3) is 0 Å². The minimum absolute atomic E-state index is 0.0432. The summed E-state index contributed by atoms with van der Waals surface area (Å²) in [4.78, 5) is 0. The smallest absolute Gasteiger partial charge is 0.106 e. The summed E-state index contributed by atoms with van der Waals surface area (Å²) in [6.45, 7) is 12.4. The third-order valence-electron chi connectivity index (χ3n) is 3.07. The highest BCUT2D eigenvalue weighted by Crippen LogP contribution is 2.38. The highest BCUT2D eigenvalue weighted by Gasteiger charge is 2.45.